The fourth-order valence-corrected chi connectivity index (χ4v) is 3.17. The molecule has 2 aromatic carbocycles. The molecule has 1 saturated carbocycles. The summed E-state index contributed by atoms with van der Waals surface area (Å²) >= 11 is 0. The van der Waals surface area contributed by atoms with E-state index in [1.54, 1.807) is 32.4 Å². The van der Waals surface area contributed by atoms with E-state index in [9.17, 15) is 9.90 Å². The first-order valence-electron chi connectivity index (χ1n) is 9.87. The van der Waals surface area contributed by atoms with Crippen LogP contribution in [0.5, 0.6) is 5.75 Å². The van der Waals surface area contributed by atoms with E-state index in [1.807, 2.05) is 24.3 Å². The smallest absolute Gasteiger partial charge is 0.335 e. The van der Waals surface area contributed by atoms with Crippen molar-refractivity contribution in [3.63, 3.8) is 0 Å². The van der Waals surface area contributed by atoms with Crippen molar-refractivity contribution in [1.82, 2.24) is 5.32 Å². The third kappa shape index (κ3) is 4.48. The second kappa shape index (κ2) is 8.43. The molecule has 0 amide bonds. The van der Waals surface area contributed by atoms with E-state index in [0.29, 0.717) is 34.8 Å². The van der Waals surface area contributed by atoms with Crippen LogP contribution in [-0.4, -0.2) is 48.8 Å². The summed E-state index contributed by atoms with van der Waals surface area (Å²) in [5.74, 6) is 0.676. The fourth-order valence-electron chi connectivity index (χ4n) is 3.17. The zero-order valence-electron chi connectivity index (χ0n) is 17.3. The van der Waals surface area contributed by atoms with Gasteiger partial charge >= 0.3 is 5.97 Å². The van der Waals surface area contributed by atoms with Crippen LogP contribution >= 0.6 is 0 Å². The minimum atomic E-state index is -0.998. The van der Waals surface area contributed by atoms with Crippen LogP contribution in [0.25, 0.3) is 5.57 Å². The van der Waals surface area contributed by atoms with Crippen LogP contribution in [0, 0.1) is 0 Å². The van der Waals surface area contributed by atoms with Gasteiger partial charge in [-0.1, -0.05) is 18.7 Å². The second-order valence-corrected chi connectivity index (χ2v) is 7.26. The SMILES string of the molecule is C=C1/C(=N\C(=N/C)Nc2cccc(OC)c2)C(NC2CC2)=Nc2cc(C(=O)O)ccc21. The summed E-state index contributed by atoms with van der Waals surface area (Å²) in [6.07, 6.45) is 2.11. The molecule has 3 N–H and O–H groups in total. The summed E-state index contributed by atoms with van der Waals surface area (Å²) in [5.41, 5.74) is 3.48. The summed E-state index contributed by atoms with van der Waals surface area (Å²) in [7, 11) is 3.26. The predicted octanol–water partition coefficient (Wildman–Crippen LogP) is 3.74. The summed E-state index contributed by atoms with van der Waals surface area (Å²) in [6, 6.07) is 12.6. The number of rotatable bonds is 4. The summed E-state index contributed by atoms with van der Waals surface area (Å²) in [4.78, 5) is 25.0. The van der Waals surface area contributed by atoms with Gasteiger partial charge in [0.1, 0.15) is 11.5 Å². The maximum absolute atomic E-state index is 11.4. The van der Waals surface area contributed by atoms with Gasteiger partial charge in [0, 0.05) is 36.0 Å². The number of fused-ring (bicyclic) bond motifs is 1. The lowest BCUT2D eigenvalue weighted by Gasteiger charge is -2.21. The van der Waals surface area contributed by atoms with Crippen molar-refractivity contribution >= 4 is 40.4 Å². The molecule has 1 aliphatic heterocycles. The molecule has 31 heavy (non-hydrogen) atoms. The van der Waals surface area contributed by atoms with Crippen molar-refractivity contribution in [3.05, 3.63) is 60.2 Å². The lowest BCUT2D eigenvalue weighted by Crippen LogP contribution is -2.36. The molecule has 0 aromatic heterocycles. The first-order chi connectivity index (χ1) is 15.0. The van der Waals surface area contributed by atoms with Crippen molar-refractivity contribution < 1.29 is 14.6 Å². The number of carbonyl (C=O) groups is 1. The average Bonchev–Trinajstić information content (AvgIpc) is 3.59. The minimum Gasteiger partial charge on any atom is -0.497 e. The highest BCUT2D eigenvalue weighted by Crippen LogP contribution is 2.33. The van der Waals surface area contributed by atoms with Crippen molar-refractivity contribution in [2.24, 2.45) is 15.0 Å². The van der Waals surface area contributed by atoms with Gasteiger partial charge < -0.3 is 20.5 Å². The highest BCUT2D eigenvalue weighted by Gasteiger charge is 2.29. The zero-order chi connectivity index (χ0) is 22.0. The summed E-state index contributed by atoms with van der Waals surface area (Å²) in [6.45, 7) is 4.21. The van der Waals surface area contributed by atoms with Gasteiger partial charge in [-0.05, 0) is 37.1 Å². The molecule has 8 nitrogen and oxygen atoms in total. The maximum atomic E-state index is 11.4. The monoisotopic (exact) mass is 417 g/mol. The first-order valence-corrected chi connectivity index (χ1v) is 9.87. The third-order valence-corrected chi connectivity index (χ3v) is 4.99. The highest BCUT2D eigenvalue weighted by molar-refractivity contribution is 6.60. The van der Waals surface area contributed by atoms with Crippen LogP contribution in [0.2, 0.25) is 0 Å². The number of benzene rings is 2. The van der Waals surface area contributed by atoms with Crippen LogP contribution in [0.3, 0.4) is 0 Å². The normalized spacial score (nSPS) is 17.1. The molecule has 1 heterocycles. The topological polar surface area (TPSA) is 108 Å². The number of amidine groups is 1. The number of methoxy groups -OCH3 is 1. The van der Waals surface area contributed by atoms with Gasteiger partial charge in [-0.2, -0.15) is 0 Å². The number of carboxylic acid groups (broad SMARTS) is 1. The van der Waals surface area contributed by atoms with Crippen molar-refractivity contribution in [1.29, 1.82) is 0 Å². The number of nitrogens with one attached hydrogen (secondary N) is 2. The molecule has 1 fully saturated rings. The lowest BCUT2D eigenvalue weighted by atomic mass is 9.95. The average molecular weight is 417 g/mol. The number of aromatic carboxylic acids is 1. The van der Waals surface area contributed by atoms with Gasteiger partial charge in [-0.25, -0.2) is 14.8 Å². The number of hydrogen-bond acceptors (Lipinski definition) is 5. The molecule has 1 aliphatic carbocycles. The van der Waals surface area contributed by atoms with E-state index >= 15 is 0 Å². The molecule has 0 radical (unpaired) electrons. The van der Waals surface area contributed by atoms with Gasteiger partial charge in [0.05, 0.1) is 18.4 Å². The first kappa shape index (κ1) is 20.3. The Morgan fingerprint density at radius 3 is 2.74 bits per heavy atom. The molecule has 158 valence electrons. The highest BCUT2D eigenvalue weighted by atomic mass is 16.5. The van der Waals surface area contributed by atoms with Gasteiger partial charge in [-0.3, -0.25) is 4.99 Å². The molecule has 0 spiro atoms. The van der Waals surface area contributed by atoms with E-state index in [0.717, 1.165) is 29.8 Å². The Labute approximate surface area is 180 Å². The van der Waals surface area contributed by atoms with E-state index < -0.39 is 5.97 Å². The van der Waals surface area contributed by atoms with Crippen LogP contribution in [0.4, 0.5) is 11.4 Å². The lowest BCUT2D eigenvalue weighted by molar-refractivity contribution is 0.0697. The van der Waals surface area contributed by atoms with Crippen LogP contribution in [0.1, 0.15) is 28.8 Å². The number of aliphatic imine (C=N–C) groups is 3. The Morgan fingerprint density at radius 2 is 2.06 bits per heavy atom. The Hall–Kier alpha value is -3.94. The third-order valence-electron chi connectivity index (χ3n) is 4.99. The van der Waals surface area contributed by atoms with Gasteiger partial charge in [0.25, 0.3) is 0 Å². The Morgan fingerprint density at radius 1 is 1.26 bits per heavy atom. The number of anilines is 1. The molecule has 2 aliphatic rings. The predicted molar refractivity (Wildman–Crippen MR) is 123 cm³/mol. The fraction of sp³-hybridized carbons (Fsp3) is 0.217. The second-order valence-electron chi connectivity index (χ2n) is 7.26. The molecule has 0 unspecified atom stereocenters. The maximum Gasteiger partial charge on any atom is 0.335 e. The Balaban J connectivity index is 1.70. The molecule has 2 aromatic rings. The minimum absolute atomic E-state index is 0.178. The van der Waals surface area contributed by atoms with E-state index in [4.69, 9.17) is 9.73 Å². The number of ether oxygens (including phenoxy) is 1. The van der Waals surface area contributed by atoms with E-state index in [2.05, 4.69) is 27.2 Å². The van der Waals surface area contributed by atoms with Crippen LogP contribution < -0.4 is 15.4 Å². The zero-order valence-corrected chi connectivity index (χ0v) is 17.3. The number of carboxylic acids is 1. The van der Waals surface area contributed by atoms with E-state index in [-0.39, 0.29) is 5.56 Å². The van der Waals surface area contributed by atoms with Crippen molar-refractivity contribution in [3.8, 4) is 5.75 Å². The molecule has 8 heteroatoms. The number of guanidine groups is 1. The van der Waals surface area contributed by atoms with Gasteiger partial charge in [0.2, 0.25) is 5.96 Å². The quantitative estimate of drug-likeness (QED) is 0.519. The Bertz CT molecular complexity index is 1150. The standard InChI is InChI=1S/C23H23N5O3/c1-13-18-10-7-14(22(29)30)11-19(18)27-21(25-15-8-9-15)20(13)28-23(24-2)26-16-5-4-6-17(12-16)31-3/h4-7,10-12,15H,1,8-9H2,2-3H3,(H,24,26)(H,25,27)(H,29,30)/b28-20+. The summed E-state index contributed by atoms with van der Waals surface area (Å²) in [5, 5.41) is 15.9. The molecular formula is C23H23N5O3. The number of hydrogen-bond donors (Lipinski definition) is 3. The number of nitrogens with zero attached hydrogens (tertiary/aromatic N) is 3. The van der Waals surface area contributed by atoms with Gasteiger partial charge in [-0.15, -0.1) is 0 Å². The van der Waals surface area contributed by atoms with Crippen molar-refractivity contribution in [2.45, 2.75) is 18.9 Å². The van der Waals surface area contributed by atoms with E-state index in [1.165, 1.54) is 0 Å². The van der Waals surface area contributed by atoms with Gasteiger partial charge in [0.15, 0.2) is 5.84 Å². The molecule has 0 atom stereocenters. The van der Waals surface area contributed by atoms with Crippen molar-refractivity contribution in [2.75, 3.05) is 19.5 Å². The molecule has 4 rings (SSSR count). The largest absolute Gasteiger partial charge is 0.497 e. The van der Waals surface area contributed by atoms with Crippen LogP contribution in [0.15, 0.2) is 64.0 Å². The van der Waals surface area contributed by atoms with Crippen LogP contribution in [-0.2, 0) is 0 Å². The summed E-state index contributed by atoms with van der Waals surface area (Å²) < 4.78 is 5.27. The molecule has 0 bridgehead atoms. The molecule has 0 saturated heterocycles. The Kier molecular flexibility index (Phi) is 5.53. The molecular weight excluding hydrogens is 394 g/mol.